The molecule has 1 aromatic carbocycles. The van der Waals surface area contributed by atoms with Gasteiger partial charge in [0.15, 0.2) is 5.96 Å². The van der Waals surface area contributed by atoms with Crippen LogP contribution in [0.5, 0.6) is 0 Å². The van der Waals surface area contributed by atoms with Crippen molar-refractivity contribution in [2.45, 2.75) is 32.2 Å². The number of fused-ring (bicyclic) bond motifs is 1. The van der Waals surface area contributed by atoms with Gasteiger partial charge in [0.1, 0.15) is 0 Å². The lowest BCUT2D eigenvalue weighted by Crippen LogP contribution is -2.36. The predicted octanol–water partition coefficient (Wildman–Crippen LogP) is 2.72. The van der Waals surface area contributed by atoms with Crippen LogP contribution in [-0.4, -0.2) is 48.1 Å². The molecule has 6 heteroatoms. The molecule has 0 radical (unpaired) electrons. The van der Waals surface area contributed by atoms with Crippen LogP contribution in [-0.2, 0) is 6.42 Å². The molecule has 1 aliphatic heterocycles. The number of halogens is 1. The van der Waals surface area contributed by atoms with Crippen LogP contribution in [0.1, 0.15) is 25.5 Å². The van der Waals surface area contributed by atoms with Crippen molar-refractivity contribution in [3.8, 4) is 0 Å². The molecular weight excluding hydrogens is 413 g/mol. The fourth-order valence-electron chi connectivity index (χ4n) is 3.37. The first-order chi connectivity index (χ1) is 11.3. The smallest absolute Gasteiger partial charge is 0.188 e. The first-order valence-corrected chi connectivity index (χ1v) is 8.60. The molecule has 1 aromatic heterocycles. The second kappa shape index (κ2) is 9.27. The van der Waals surface area contributed by atoms with E-state index in [2.05, 4.69) is 51.4 Å². The highest BCUT2D eigenvalue weighted by molar-refractivity contribution is 14.0. The number of benzene rings is 1. The molecule has 0 aliphatic carbocycles. The lowest BCUT2D eigenvalue weighted by molar-refractivity contribution is 0.273. The maximum atomic E-state index is 5.99. The van der Waals surface area contributed by atoms with Gasteiger partial charge in [-0.05, 0) is 43.5 Å². The summed E-state index contributed by atoms with van der Waals surface area (Å²) in [6.45, 7) is 6.12. The van der Waals surface area contributed by atoms with Crippen LogP contribution in [0.25, 0.3) is 10.9 Å². The van der Waals surface area contributed by atoms with E-state index in [-0.39, 0.29) is 24.0 Å². The van der Waals surface area contributed by atoms with Crippen molar-refractivity contribution in [2.75, 3.05) is 26.2 Å². The summed E-state index contributed by atoms with van der Waals surface area (Å²) in [5.74, 6) is 0.559. The Kier molecular flexibility index (Phi) is 7.36. The molecule has 0 spiro atoms. The number of nitrogens with zero attached hydrogens (tertiary/aromatic N) is 2. The van der Waals surface area contributed by atoms with Crippen LogP contribution in [0, 0.1) is 0 Å². The van der Waals surface area contributed by atoms with Crippen LogP contribution in [0.3, 0.4) is 0 Å². The maximum Gasteiger partial charge on any atom is 0.188 e. The first kappa shape index (κ1) is 19.1. The Hall–Kier alpha value is -1.28. The Morgan fingerprint density at radius 1 is 1.42 bits per heavy atom. The Balaban J connectivity index is 0.00000208. The summed E-state index contributed by atoms with van der Waals surface area (Å²) >= 11 is 0. The molecule has 132 valence electrons. The highest BCUT2D eigenvalue weighted by atomic mass is 127. The molecule has 1 saturated heterocycles. The number of hydrogen-bond acceptors (Lipinski definition) is 2. The van der Waals surface area contributed by atoms with E-state index in [9.17, 15) is 0 Å². The van der Waals surface area contributed by atoms with E-state index in [0.29, 0.717) is 12.0 Å². The van der Waals surface area contributed by atoms with Gasteiger partial charge in [0.25, 0.3) is 0 Å². The standard InChI is InChI=1S/C18H27N5.HI/c1-2-23-11-5-7-16(23)13-21-18(19)20-10-9-15-12-14-6-3-4-8-17(14)22-15;/h3-4,6,8,12,16,22H,2,5,7,9-11,13H2,1H3,(H3,19,20,21);1H. The fraction of sp³-hybridized carbons (Fsp3) is 0.500. The average molecular weight is 441 g/mol. The number of likely N-dealkylation sites (tertiary alicyclic amines) is 1. The van der Waals surface area contributed by atoms with Gasteiger partial charge in [-0.15, -0.1) is 24.0 Å². The molecule has 0 amide bonds. The van der Waals surface area contributed by atoms with Crippen LogP contribution in [0.15, 0.2) is 35.3 Å². The van der Waals surface area contributed by atoms with Gasteiger partial charge in [-0.25, -0.2) is 0 Å². The van der Waals surface area contributed by atoms with Crippen LogP contribution >= 0.6 is 24.0 Å². The van der Waals surface area contributed by atoms with Crippen molar-refractivity contribution in [2.24, 2.45) is 10.7 Å². The van der Waals surface area contributed by atoms with Gasteiger partial charge in [0.05, 0.1) is 6.54 Å². The number of H-pyrrole nitrogens is 1. The molecule has 1 atom stereocenters. The summed E-state index contributed by atoms with van der Waals surface area (Å²) in [5.41, 5.74) is 8.40. The number of aromatic nitrogens is 1. The molecule has 3 rings (SSSR count). The normalized spacial score (nSPS) is 18.7. The number of likely N-dealkylation sites (N-methyl/N-ethyl adjacent to an activating group) is 1. The van der Waals surface area contributed by atoms with Crippen molar-refractivity contribution in [3.05, 3.63) is 36.0 Å². The topological polar surface area (TPSA) is 69.4 Å². The minimum Gasteiger partial charge on any atom is -0.370 e. The number of rotatable bonds is 6. The molecule has 5 nitrogen and oxygen atoms in total. The van der Waals surface area contributed by atoms with Gasteiger partial charge in [-0.2, -0.15) is 0 Å². The van der Waals surface area contributed by atoms with Crippen LogP contribution in [0.2, 0.25) is 0 Å². The van der Waals surface area contributed by atoms with Crippen molar-refractivity contribution < 1.29 is 0 Å². The number of aromatic amines is 1. The summed E-state index contributed by atoms with van der Waals surface area (Å²) in [7, 11) is 0. The molecule has 24 heavy (non-hydrogen) atoms. The zero-order valence-electron chi connectivity index (χ0n) is 14.3. The number of hydrogen-bond donors (Lipinski definition) is 3. The zero-order valence-corrected chi connectivity index (χ0v) is 16.6. The summed E-state index contributed by atoms with van der Waals surface area (Å²) in [6, 6.07) is 11.1. The van der Waals surface area contributed by atoms with Gasteiger partial charge >= 0.3 is 0 Å². The second-order valence-corrected chi connectivity index (χ2v) is 6.21. The van der Waals surface area contributed by atoms with Crippen LogP contribution in [0.4, 0.5) is 0 Å². The Morgan fingerprint density at radius 2 is 2.25 bits per heavy atom. The van der Waals surface area contributed by atoms with E-state index in [4.69, 9.17) is 5.73 Å². The SMILES string of the molecule is CCN1CCCC1CN=C(N)NCCc1cc2ccccc2[nH]1.I. The van der Waals surface area contributed by atoms with Crippen LogP contribution < -0.4 is 11.1 Å². The summed E-state index contributed by atoms with van der Waals surface area (Å²) in [5, 5.41) is 4.48. The van der Waals surface area contributed by atoms with E-state index in [0.717, 1.165) is 26.1 Å². The van der Waals surface area contributed by atoms with E-state index >= 15 is 0 Å². The molecular formula is C18H28IN5. The third kappa shape index (κ3) is 4.86. The predicted molar refractivity (Wildman–Crippen MR) is 112 cm³/mol. The fourth-order valence-corrected chi connectivity index (χ4v) is 3.37. The molecule has 0 bridgehead atoms. The molecule has 0 saturated carbocycles. The second-order valence-electron chi connectivity index (χ2n) is 6.21. The Bertz CT molecular complexity index is 633. The van der Waals surface area contributed by atoms with E-state index in [1.54, 1.807) is 0 Å². The quantitative estimate of drug-likeness (QED) is 0.367. The van der Waals surface area contributed by atoms with Gasteiger partial charge in [0.2, 0.25) is 0 Å². The van der Waals surface area contributed by atoms with E-state index < -0.39 is 0 Å². The highest BCUT2D eigenvalue weighted by Crippen LogP contribution is 2.16. The number of aliphatic imine (C=N–C) groups is 1. The monoisotopic (exact) mass is 441 g/mol. The minimum absolute atomic E-state index is 0. The maximum absolute atomic E-state index is 5.99. The summed E-state index contributed by atoms with van der Waals surface area (Å²) in [6.07, 6.45) is 3.43. The first-order valence-electron chi connectivity index (χ1n) is 8.60. The largest absolute Gasteiger partial charge is 0.370 e. The van der Waals surface area contributed by atoms with Gasteiger partial charge in [0, 0.05) is 30.2 Å². The average Bonchev–Trinajstić information content (AvgIpc) is 3.18. The van der Waals surface area contributed by atoms with Gasteiger partial charge in [-0.3, -0.25) is 9.89 Å². The summed E-state index contributed by atoms with van der Waals surface area (Å²) in [4.78, 5) is 10.4. The van der Waals surface area contributed by atoms with Crippen molar-refractivity contribution >= 4 is 40.8 Å². The molecule has 1 fully saturated rings. The molecule has 2 aromatic rings. The number of guanidine groups is 1. The molecule has 4 N–H and O–H groups in total. The lowest BCUT2D eigenvalue weighted by Gasteiger charge is -2.20. The molecule has 1 aliphatic rings. The lowest BCUT2D eigenvalue weighted by atomic mass is 10.2. The number of nitrogens with two attached hydrogens (primary N) is 1. The molecule has 1 unspecified atom stereocenters. The van der Waals surface area contributed by atoms with Gasteiger partial charge in [-0.1, -0.05) is 25.1 Å². The molecule has 2 heterocycles. The third-order valence-corrected chi connectivity index (χ3v) is 4.66. The number of nitrogens with one attached hydrogen (secondary N) is 2. The van der Waals surface area contributed by atoms with E-state index in [1.165, 1.54) is 36.0 Å². The van der Waals surface area contributed by atoms with Crippen molar-refractivity contribution in [1.29, 1.82) is 0 Å². The highest BCUT2D eigenvalue weighted by Gasteiger charge is 2.22. The zero-order chi connectivity index (χ0) is 16.1. The van der Waals surface area contributed by atoms with Crippen molar-refractivity contribution in [1.82, 2.24) is 15.2 Å². The Morgan fingerprint density at radius 3 is 3.04 bits per heavy atom. The number of para-hydroxylation sites is 1. The summed E-state index contributed by atoms with van der Waals surface area (Å²) < 4.78 is 0. The van der Waals surface area contributed by atoms with Crippen molar-refractivity contribution in [3.63, 3.8) is 0 Å². The van der Waals surface area contributed by atoms with E-state index in [1.807, 2.05) is 6.07 Å². The third-order valence-electron chi connectivity index (χ3n) is 4.66. The Labute approximate surface area is 161 Å². The minimum atomic E-state index is 0. The van der Waals surface area contributed by atoms with Gasteiger partial charge < -0.3 is 16.0 Å².